The number of pyridine rings is 1. The highest BCUT2D eigenvalue weighted by Crippen LogP contribution is 2.42. The summed E-state index contributed by atoms with van der Waals surface area (Å²) in [5, 5.41) is 0. The van der Waals surface area contributed by atoms with E-state index in [1.54, 1.807) is 7.11 Å². The lowest BCUT2D eigenvalue weighted by Crippen LogP contribution is -2.25. The SMILES string of the molecule is COc1cc(CN(CCc2ccccc2)Cc2ccncc2)cc2c1OCO2. The Labute approximate surface area is 165 Å². The molecule has 5 nitrogen and oxygen atoms in total. The predicted octanol–water partition coefficient (Wildman–Crippen LogP) is 4.06. The van der Waals surface area contributed by atoms with Crippen LogP contribution in [0.1, 0.15) is 16.7 Å². The van der Waals surface area contributed by atoms with Gasteiger partial charge in [-0.1, -0.05) is 30.3 Å². The maximum absolute atomic E-state index is 5.58. The molecule has 0 saturated carbocycles. The van der Waals surface area contributed by atoms with Crippen molar-refractivity contribution in [3.05, 3.63) is 83.7 Å². The maximum atomic E-state index is 5.58. The molecule has 1 aliphatic heterocycles. The van der Waals surface area contributed by atoms with Gasteiger partial charge in [0.2, 0.25) is 12.5 Å². The quantitative estimate of drug-likeness (QED) is 0.593. The van der Waals surface area contributed by atoms with Crippen molar-refractivity contribution in [2.24, 2.45) is 0 Å². The second-order valence-corrected chi connectivity index (χ2v) is 6.83. The molecule has 0 atom stereocenters. The molecule has 3 aromatic rings. The third kappa shape index (κ3) is 4.43. The van der Waals surface area contributed by atoms with Crippen LogP contribution in [0.5, 0.6) is 17.2 Å². The summed E-state index contributed by atoms with van der Waals surface area (Å²) in [4.78, 5) is 6.56. The highest BCUT2D eigenvalue weighted by atomic mass is 16.7. The fourth-order valence-corrected chi connectivity index (χ4v) is 3.43. The van der Waals surface area contributed by atoms with Gasteiger partial charge in [-0.3, -0.25) is 9.88 Å². The third-order valence-electron chi connectivity index (χ3n) is 4.84. The molecule has 2 heterocycles. The van der Waals surface area contributed by atoms with E-state index in [1.165, 1.54) is 11.1 Å². The van der Waals surface area contributed by atoms with Crippen LogP contribution in [0, 0.1) is 0 Å². The number of nitrogens with zero attached hydrogens (tertiary/aromatic N) is 2. The van der Waals surface area contributed by atoms with E-state index in [-0.39, 0.29) is 6.79 Å². The first-order valence-corrected chi connectivity index (χ1v) is 9.43. The van der Waals surface area contributed by atoms with Crippen molar-refractivity contribution in [1.29, 1.82) is 0 Å². The molecule has 0 N–H and O–H groups in total. The van der Waals surface area contributed by atoms with E-state index in [2.05, 4.69) is 52.3 Å². The highest BCUT2D eigenvalue weighted by Gasteiger charge is 2.21. The molecule has 5 heteroatoms. The first-order chi connectivity index (χ1) is 13.8. The lowest BCUT2D eigenvalue weighted by Gasteiger charge is -2.23. The van der Waals surface area contributed by atoms with Gasteiger partial charge in [-0.25, -0.2) is 0 Å². The number of rotatable bonds is 8. The van der Waals surface area contributed by atoms with Gasteiger partial charge < -0.3 is 14.2 Å². The van der Waals surface area contributed by atoms with Crippen LogP contribution in [0.4, 0.5) is 0 Å². The smallest absolute Gasteiger partial charge is 0.231 e. The van der Waals surface area contributed by atoms with Gasteiger partial charge in [0, 0.05) is 32.0 Å². The lowest BCUT2D eigenvalue weighted by atomic mass is 10.1. The number of methoxy groups -OCH3 is 1. The van der Waals surface area contributed by atoms with Gasteiger partial charge in [0.05, 0.1) is 7.11 Å². The van der Waals surface area contributed by atoms with Crippen molar-refractivity contribution in [2.75, 3.05) is 20.4 Å². The fraction of sp³-hybridized carbons (Fsp3) is 0.261. The molecule has 2 aromatic carbocycles. The van der Waals surface area contributed by atoms with Crippen molar-refractivity contribution in [2.45, 2.75) is 19.5 Å². The van der Waals surface area contributed by atoms with E-state index in [1.807, 2.05) is 24.5 Å². The summed E-state index contributed by atoms with van der Waals surface area (Å²) in [6.07, 6.45) is 4.68. The van der Waals surface area contributed by atoms with Crippen molar-refractivity contribution < 1.29 is 14.2 Å². The summed E-state index contributed by atoms with van der Waals surface area (Å²) in [6.45, 7) is 2.83. The molecule has 1 aliphatic rings. The van der Waals surface area contributed by atoms with Crippen LogP contribution >= 0.6 is 0 Å². The van der Waals surface area contributed by atoms with E-state index < -0.39 is 0 Å². The fourth-order valence-electron chi connectivity index (χ4n) is 3.43. The minimum Gasteiger partial charge on any atom is -0.493 e. The number of fused-ring (bicyclic) bond motifs is 1. The zero-order valence-corrected chi connectivity index (χ0v) is 16.0. The molecule has 0 bridgehead atoms. The monoisotopic (exact) mass is 376 g/mol. The Morgan fingerprint density at radius 1 is 0.929 bits per heavy atom. The first kappa shape index (κ1) is 18.3. The van der Waals surface area contributed by atoms with Crippen molar-refractivity contribution in [3.63, 3.8) is 0 Å². The van der Waals surface area contributed by atoms with Gasteiger partial charge in [-0.2, -0.15) is 0 Å². The Kier molecular flexibility index (Phi) is 5.73. The Hall–Kier alpha value is -3.05. The molecule has 28 heavy (non-hydrogen) atoms. The maximum Gasteiger partial charge on any atom is 0.231 e. The molecule has 0 aliphatic carbocycles. The van der Waals surface area contributed by atoms with E-state index in [9.17, 15) is 0 Å². The molecule has 0 amide bonds. The molecule has 4 rings (SSSR count). The number of hydrogen-bond acceptors (Lipinski definition) is 5. The Bertz CT molecular complexity index is 900. The molecule has 0 radical (unpaired) electrons. The van der Waals surface area contributed by atoms with Gasteiger partial charge in [0.25, 0.3) is 0 Å². The van der Waals surface area contributed by atoms with Crippen molar-refractivity contribution in [1.82, 2.24) is 9.88 Å². The largest absolute Gasteiger partial charge is 0.493 e. The van der Waals surface area contributed by atoms with Crippen LogP contribution < -0.4 is 14.2 Å². The van der Waals surface area contributed by atoms with Gasteiger partial charge in [-0.15, -0.1) is 0 Å². The second-order valence-electron chi connectivity index (χ2n) is 6.83. The number of hydrogen-bond donors (Lipinski definition) is 0. The predicted molar refractivity (Wildman–Crippen MR) is 108 cm³/mol. The zero-order chi connectivity index (χ0) is 19.2. The number of benzene rings is 2. The Morgan fingerprint density at radius 3 is 2.50 bits per heavy atom. The van der Waals surface area contributed by atoms with Crippen LogP contribution in [-0.2, 0) is 19.5 Å². The summed E-state index contributed by atoms with van der Waals surface area (Å²) in [6, 6.07) is 18.8. The van der Waals surface area contributed by atoms with Gasteiger partial charge in [0.1, 0.15) is 0 Å². The Balaban J connectivity index is 1.53. The minimum atomic E-state index is 0.240. The van der Waals surface area contributed by atoms with E-state index in [0.29, 0.717) is 5.75 Å². The topological polar surface area (TPSA) is 43.8 Å². The van der Waals surface area contributed by atoms with Gasteiger partial charge in [0.15, 0.2) is 11.5 Å². The van der Waals surface area contributed by atoms with E-state index in [4.69, 9.17) is 14.2 Å². The van der Waals surface area contributed by atoms with Gasteiger partial charge in [-0.05, 0) is 47.4 Å². The molecular formula is C23H24N2O3. The molecule has 1 aromatic heterocycles. The van der Waals surface area contributed by atoms with E-state index >= 15 is 0 Å². The van der Waals surface area contributed by atoms with Gasteiger partial charge >= 0.3 is 0 Å². The molecule has 0 spiro atoms. The van der Waals surface area contributed by atoms with Crippen LogP contribution in [0.15, 0.2) is 67.0 Å². The summed E-state index contributed by atoms with van der Waals surface area (Å²) in [5.74, 6) is 2.16. The van der Waals surface area contributed by atoms with Crippen molar-refractivity contribution >= 4 is 0 Å². The minimum absolute atomic E-state index is 0.240. The molecule has 0 fully saturated rings. The second kappa shape index (κ2) is 8.76. The number of aromatic nitrogens is 1. The van der Waals surface area contributed by atoms with Crippen LogP contribution in [0.2, 0.25) is 0 Å². The van der Waals surface area contributed by atoms with Crippen LogP contribution in [0.3, 0.4) is 0 Å². The summed E-state index contributed by atoms with van der Waals surface area (Å²) < 4.78 is 16.6. The normalized spacial score (nSPS) is 12.4. The lowest BCUT2D eigenvalue weighted by molar-refractivity contribution is 0.171. The summed E-state index contributed by atoms with van der Waals surface area (Å²) >= 11 is 0. The molecule has 0 unspecified atom stereocenters. The average Bonchev–Trinajstić information content (AvgIpc) is 3.21. The third-order valence-corrected chi connectivity index (χ3v) is 4.84. The first-order valence-electron chi connectivity index (χ1n) is 9.43. The highest BCUT2D eigenvalue weighted by molar-refractivity contribution is 5.55. The summed E-state index contributed by atoms with van der Waals surface area (Å²) in [5.41, 5.74) is 3.73. The summed E-state index contributed by atoms with van der Waals surface area (Å²) in [7, 11) is 1.66. The Morgan fingerprint density at radius 2 is 1.71 bits per heavy atom. The van der Waals surface area contributed by atoms with Crippen LogP contribution in [0.25, 0.3) is 0 Å². The standard InChI is InChI=1S/C23H24N2O3/c1-26-21-13-20(14-22-23(21)28-17-27-22)16-25(15-19-7-10-24-11-8-19)12-9-18-5-3-2-4-6-18/h2-8,10-11,13-14H,9,12,15-17H2,1H3. The average molecular weight is 376 g/mol. The van der Waals surface area contributed by atoms with Crippen molar-refractivity contribution in [3.8, 4) is 17.2 Å². The van der Waals surface area contributed by atoms with Crippen LogP contribution in [-0.4, -0.2) is 30.3 Å². The molecule has 144 valence electrons. The number of ether oxygens (including phenoxy) is 3. The zero-order valence-electron chi connectivity index (χ0n) is 16.0. The molecule has 0 saturated heterocycles. The van der Waals surface area contributed by atoms with E-state index in [0.717, 1.165) is 43.1 Å². The molecular weight excluding hydrogens is 352 g/mol.